The summed E-state index contributed by atoms with van der Waals surface area (Å²) in [7, 11) is 3.51. The molecule has 0 amide bonds. The molecule has 8 heteroatoms. The van der Waals surface area contributed by atoms with Gasteiger partial charge in [0.25, 0.3) is 0 Å². The lowest BCUT2D eigenvalue weighted by Gasteiger charge is -2.12. The van der Waals surface area contributed by atoms with E-state index in [9.17, 15) is 4.79 Å². The fraction of sp³-hybridized carbons (Fsp3) is 0.250. The second-order valence-electron chi connectivity index (χ2n) is 8.02. The summed E-state index contributed by atoms with van der Waals surface area (Å²) in [6.07, 6.45) is 7.75. The molecule has 0 unspecified atom stereocenters. The van der Waals surface area contributed by atoms with Crippen molar-refractivity contribution in [3.05, 3.63) is 65.1 Å². The summed E-state index contributed by atoms with van der Waals surface area (Å²) < 4.78 is 3.63. The van der Waals surface area contributed by atoms with Crippen LogP contribution in [0.4, 0.5) is 0 Å². The fourth-order valence-electron chi connectivity index (χ4n) is 4.47. The van der Waals surface area contributed by atoms with Crippen molar-refractivity contribution in [3.8, 4) is 11.1 Å². The molecule has 1 aliphatic rings. The van der Waals surface area contributed by atoms with Gasteiger partial charge in [0.05, 0.1) is 34.5 Å². The molecular weight excluding hydrogens is 402 g/mol. The Kier molecular flexibility index (Phi) is 5.07. The quantitative estimate of drug-likeness (QED) is 0.487. The standard InChI is InChI=1S/C24H25N7O/c1-26-11-17(10-25)20-5-4-16(12-28-20)15-3-6-21-19(9-15)23-22(14-29-21)30(2)24(32)31(23)18-7-8-27-13-18/h3-6,9-12,14,18,27H,7-8,13,25H2,1-2H3/t18-/m0/s1. The largest absolute Gasteiger partial charge is 0.404 e. The number of aromatic nitrogens is 4. The third kappa shape index (κ3) is 3.20. The maximum atomic E-state index is 13.1. The lowest BCUT2D eigenvalue weighted by atomic mass is 10.0. The minimum Gasteiger partial charge on any atom is -0.404 e. The maximum absolute atomic E-state index is 13.1. The number of aryl methyl sites for hydroxylation is 1. The molecule has 0 bridgehead atoms. The van der Waals surface area contributed by atoms with E-state index in [0.29, 0.717) is 0 Å². The first kappa shape index (κ1) is 20.1. The number of allylic oxidation sites excluding steroid dienone is 1. The number of benzene rings is 1. The predicted octanol–water partition coefficient (Wildman–Crippen LogP) is 2.48. The first-order valence-electron chi connectivity index (χ1n) is 10.6. The Labute approximate surface area is 185 Å². The fourth-order valence-corrected chi connectivity index (χ4v) is 4.47. The topological polar surface area (TPSA) is 103 Å². The minimum absolute atomic E-state index is 0.00175. The van der Waals surface area contributed by atoms with E-state index < -0.39 is 0 Å². The predicted molar refractivity (Wildman–Crippen MR) is 129 cm³/mol. The molecule has 4 heterocycles. The first-order chi connectivity index (χ1) is 15.6. The molecule has 32 heavy (non-hydrogen) atoms. The second kappa shape index (κ2) is 8.05. The van der Waals surface area contributed by atoms with E-state index in [2.05, 4.69) is 26.3 Å². The molecule has 8 nitrogen and oxygen atoms in total. The monoisotopic (exact) mass is 427 g/mol. The molecule has 3 N–H and O–H groups in total. The summed E-state index contributed by atoms with van der Waals surface area (Å²) >= 11 is 0. The highest BCUT2D eigenvalue weighted by atomic mass is 16.1. The normalized spacial score (nSPS) is 17.2. The number of aliphatic imine (C=N–C) groups is 1. The highest BCUT2D eigenvalue weighted by molar-refractivity contribution is 6.09. The van der Waals surface area contributed by atoms with Crippen LogP contribution in [0.3, 0.4) is 0 Å². The second-order valence-corrected chi connectivity index (χ2v) is 8.02. The van der Waals surface area contributed by atoms with E-state index in [1.807, 2.05) is 42.1 Å². The van der Waals surface area contributed by atoms with Crippen LogP contribution in [0.5, 0.6) is 0 Å². The van der Waals surface area contributed by atoms with Crippen LogP contribution in [0.15, 0.2) is 58.7 Å². The molecular formula is C24H25N7O. The number of nitrogens with two attached hydrogens (primary N) is 1. The van der Waals surface area contributed by atoms with Crippen molar-refractivity contribution in [2.24, 2.45) is 17.8 Å². The van der Waals surface area contributed by atoms with Gasteiger partial charge in [-0.25, -0.2) is 4.79 Å². The number of pyridine rings is 2. The number of nitrogens with one attached hydrogen (secondary N) is 1. The number of fused-ring (bicyclic) bond motifs is 3. The van der Waals surface area contributed by atoms with Gasteiger partial charge >= 0.3 is 5.69 Å². The Morgan fingerprint density at radius 2 is 2.06 bits per heavy atom. The molecule has 0 spiro atoms. The number of hydrogen-bond acceptors (Lipinski definition) is 6. The zero-order chi connectivity index (χ0) is 22.2. The number of hydrogen-bond donors (Lipinski definition) is 2. The van der Waals surface area contributed by atoms with Gasteiger partial charge in [0, 0.05) is 55.8 Å². The molecule has 1 aromatic carbocycles. The summed E-state index contributed by atoms with van der Waals surface area (Å²) in [6.45, 7) is 1.72. The summed E-state index contributed by atoms with van der Waals surface area (Å²) in [5.41, 5.74) is 11.9. The van der Waals surface area contributed by atoms with Gasteiger partial charge in [-0.05, 0) is 36.7 Å². The summed E-state index contributed by atoms with van der Waals surface area (Å²) in [4.78, 5) is 26.3. The summed E-state index contributed by atoms with van der Waals surface area (Å²) in [6, 6.07) is 10.2. The van der Waals surface area contributed by atoms with E-state index >= 15 is 0 Å². The van der Waals surface area contributed by atoms with Crippen LogP contribution in [0.1, 0.15) is 18.2 Å². The van der Waals surface area contributed by atoms with Crippen molar-refractivity contribution in [2.45, 2.75) is 12.5 Å². The van der Waals surface area contributed by atoms with Crippen molar-refractivity contribution < 1.29 is 0 Å². The molecule has 1 atom stereocenters. The number of rotatable bonds is 4. The third-order valence-electron chi connectivity index (χ3n) is 6.16. The van der Waals surface area contributed by atoms with Crippen LogP contribution in [0.25, 0.3) is 38.6 Å². The Morgan fingerprint density at radius 1 is 1.22 bits per heavy atom. The Bertz CT molecular complexity index is 1420. The van der Waals surface area contributed by atoms with E-state index in [1.165, 1.54) is 6.20 Å². The van der Waals surface area contributed by atoms with Crippen molar-refractivity contribution in [1.82, 2.24) is 24.4 Å². The zero-order valence-corrected chi connectivity index (χ0v) is 18.1. The van der Waals surface area contributed by atoms with Gasteiger partial charge in [-0.1, -0.05) is 12.1 Å². The van der Waals surface area contributed by atoms with Gasteiger partial charge in [-0.2, -0.15) is 0 Å². The third-order valence-corrected chi connectivity index (χ3v) is 6.16. The van der Waals surface area contributed by atoms with Crippen LogP contribution in [0, 0.1) is 0 Å². The average Bonchev–Trinajstić information content (AvgIpc) is 3.44. The lowest BCUT2D eigenvalue weighted by molar-refractivity contribution is 0.536. The summed E-state index contributed by atoms with van der Waals surface area (Å²) in [5, 5.41) is 4.34. The van der Waals surface area contributed by atoms with Crippen LogP contribution in [-0.4, -0.2) is 45.5 Å². The molecule has 3 aromatic heterocycles. The lowest BCUT2D eigenvalue weighted by Crippen LogP contribution is -2.27. The molecule has 5 rings (SSSR count). The Morgan fingerprint density at radius 3 is 2.75 bits per heavy atom. The SMILES string of the molecule is CN=CC(=CN)c1ccc(-c2ccc3ncc4c(c3c2)n([C@H]2CCNC2)c(=O)n4C)cn1. The van der Waals surface area contributed by atoms with Gasteiger partial charge in [-0.3, -0.25) is 24.1 Å². The molecule has 0 aliphatic carbocycles. The molecule has 0 saturated carbocycles. The molecule has 1 aliphatic heterocycles. The smallest absolute Gasteiger partial charge is 0.329 e. The van der Waals surface area contributed by atoms with E-state index in [1.54, 1.807) is 24.0 Å². The first-order valence-corrected chi connectivity index (χ1v) is 10.6. The zero-order valence-electron chi connectivity index (χ0n) is 18.1. The van der Waals surface area contributed by atoms with Crippen LogP contribution in [0.2, 0.25) is 0 Å². The van der Waals surface area contributed by atoms with Crippen molar-refractivity contribution >= 4 is 33.7 Å². The van der Waals surface area contributed by atoms with Crippen molar-refractivity contribution in [2.75, 3.05) is 20.1 Å². The Balaban J connectivity index is 1.67. The van der Waals surface area contributed by atoms with Crippen LogP contribution < -0.4 is 16.7 Å². The van der Waals surface area contributed by atoms with E-state index in [0.717, 1.165) is 63.8 Å². The molecule has 0 radical (unpaired) electrons. The highest BCUT2D eigenvalue weighted by Crippen LogP contribution is 2.30. The molecule has 1 fully saturated rings. The summed E-state index contributed by atoms with van der Waals surface area (Å²) in [5.74, 6) is 0. The highest BCUT2D eigenvalue weighted by Gasteiger charge is 2.24. The molecule has 162 valence electrons. The maximum Gasteiger partial charge on any atom is 0.329 e. The van der Waals surface area contributed by atoms with E-state index in [-0.39, 0.29) is 11.7 Å². The Hall–Kier alpha value is -3.78. The van der Waals surface area contributed by atoms with Crippen LogP contribution in [-0.2, 0) is 7.05 Å². The molecule has 4 aromatic rings. The number of nitrogens with zero attached hydrogens (tertiary/aromatic N) is 5. The van der Waals surface area contributed by atoms with Gasteiger partial charge < -0.3 is 11.1 Å². The molecule has 1 saturated heterocycles. The van der Waals surface area contributed by atoms with Gasteiger partial charge in [0.15, 0.2) is 0 Å². The average molecular weight is 428 g/mol. The van der Waals surface area contributed by atoms with Gasteiger partial charge in [0.2, 0.25) is 0 Å². The van der Waals surface area contributed by atoms with Crippen molar-refractivity contribution in [3.63, 3.8) is 0 Å². The van der Waals surface area contributed by atoms with Gasteiger partial charge in [-0.15, -0.1) is 0 Å². The minimum atomic E-state index is -0.00175. The van der Waals surface area contributed by atoms with Crippen LogP contribution >= 0.6 is 0 Å². The van der Waals surface area contributed by atoms with E-state index in [4.69, 9.17) is 5.73 Å². The van der Waals surface area contributed by atoms with Crippen molar-refractivity contribution in [1.29, 1.82) is 0 Å². The van der Waals surface area contributed by atoms with Gasteiger partial charge in [0.1, 0.15) is 0 Å². The number of imidazole rings is 1.